The van der Waals surface area contributed by atoms with E-state index in [1.165, 1.54) is 13.2 Å². The third kappa shape index (κ3) is 2.45. The van der Waals surface area contributed by atoms with E-state index in [2.05, 4.69) is 21.2 Å². The molecule has 2 nitrogen and oxygen atoms in total. The number of hydrogen-bond acceptors (Lipinski definition) is 2. The van der Waals surface area contributed by atoms with E-state index < -0.39 is 11.6 Å². The summed E-state index contributed by atoms with van der Waals surface area (Å²) < 4.78 is 33.1. The minimum absolute atomic E-state index is 0.109. The van der Waals surface area contributed by atoms with Crippen LogP contribution in [0.3, 0.4) is 0 Å². The maximum atomic E-state index is 14.1. The van der Waals surface area contributed by atoms with Gasteiger partial charge >= 0.3 is 0 Å². The van der Waals surface area contributed by atoms with Gasteiger partial charge in [-0.05, 0) is 35.3 Å². The summed E-state index contributed by atoms with van der Waals surface area (Å²) in [5, 5.41) is 3.14. The standard InChI is InChI=1S/C12H14BrF2NO/c1-17-9-6-7(14)10(12(15)11(9)13)8-4-2-3-5-16-8/h6,8,16H,2-5H2,1H3. The second-order valence-electron chi connectivity index (χ2n) is 4.10. The van der Waals surface area contributed by atoms with E-state index in [-0.39, 0.29) is 21.8 Å². The van der Waals surface area contributed by atoms with Crippen LogP contribution in [0.1, 0.15) is 30.9 Å². The van der Waals surface area contributed by atoms with Crippen molar-refractivity contribution in [1.82, 2.24) is 5.32 Å². The van der Waals surface area contributed by atoms with Gasteiger partial charge in [0.2, 0.25) is 0 Å². The summed E-state index contributed by atoms with van der Waals surface area (Å²) in [7, 11) is 1.39. The molecule has 5 heteroatoms. The van der Waals surface area contributed by atoms with Crippen LogP contribution in [0.25, 0.3) is 0 Å². The molecule has 1 aromatic rings. The molecule has 1 aromatic carbocycles. The molecule has 0 spiro atoms. The molecule has 0 aliphatic carbocycles. The molecule has 0 bridgehead atoms. The lowest BCUT2D eigenvalue weighted by Crippen LogP contribution is -2.28. The Kier molecular flexibility index (Phi) is 3.99. The van der Waals surface area contributed by atoms with Gasteiger partial charge in [-0.2, -0.15) is 0 Å². The van der Waals surface area contributed by atoms with Gasteiger partial charge in [-0.25, -0.2) is 8.78 Å². The van der Waals surface area contributed by atoms with Crippen LogP contribution in [-0.4, -0.2) is 13.7 Å². The highest BCUT2D eigenvalue weighted by molar-refractivity contribution is 9.10. The van der Waals surface area contributed by atoms with E-state index >= 15 is 0 Å². The number of piperidine rings is 1. The summed E-state index contributed by atoms with van der Waals surface area (Å²) in [5.74, 6) is -0.942. The monoisotopic (exact) mass is 305 g/mol. The maximum Gasteiger partial charge on any atom is 0.148 e. The zero-order chi connectivity index (χ0) is 12.4. The Labute approximate surface area is 107 Å². The third-order valence-electron chi connectivity index (χ3n) is 3.04. The van der Waals surface area contributed by atoms with Crippen molar-refractivity contribution in [2.75, 3.05) is 13.7 Å². The van der Waals surface area contributed by atoms with Crippen molar-refractivity contribution in [3.8, 4) is 5.75 Å². The van der Waals surface area contributed by atoms with Crippen LogP contribution >= 0.6 is 15.9 Å². The van der Waals surface area contributed by atoms with E-state index in [0.29, 0.717) is 0 Å². The minimum atomic E-state index is -0.568. The van der Waals surface area contributed by atoms with Crippen LogP contribution in [-0.2, 0) is 0 Å². The molecule has 1 N–H and O–H groups in total. The summed E-state index contributed by atoms with van der Waals surface area (Å²) in [6, 6.07) is 0.977. The number of ether oxygens (including phenoxy) is 1. The lowest BCUT2D eigenvalue weighted by atomic mass is 9.96. The fourth-order valence-corrected chi connectivity index (χ4v) is 2.64. The Morgan fingerprint density at radius 3 is 2.76 bits per heavy atom. The van der Waals surface area contributed by atoms with Crippen LogP contribution < -0.4 is 10.1 Å². The second-order valence-corrected chi connectivity index (χ2v) is 4.90. The minimum Gasteiger partial charge on any atom is -0.495 e. The molecule has 1 fully saturated rings. The number of methoxy groups -OCH3 is 1. The molecule has 0 amide bonds. The molecule has 0 saturated carbocycles. The zero-order valence-corrected chi connectivity index (χ0v) is 11.1. The first-order chi connectivity index (χ1) is 8.15. The van der Waals surface area contributed by atoms with Crippen molar-refractivity contribution in [2.45, 2.75) is 25.3 Å². The summed E-state index contributed by atoms with van der Waals surface area (Å²) in [5.41, 5.74) is 0.109. The van der Waals surface area contributed by atoms with Gasteiger partial charge in [0, 0.05) is 17.7 Å². The first-order valence-electron chi connectivity index (χ1n) is 5.60. The highest BCUT2D eigenvalue weighted by Crippen LogP contribution is 2.36. The van der Waals surface area contributed by atoms with Gasteiger partial charge in [0.15, 0.2) is 0 Å². The first kappa shape index (κ1) is 12.8. The van der Waals surface area contributed by atoms with E-state index in [1.54, 1.807) is 0 Å². The molecule has 94 valence electrons. The average molecular weight is 306 g/mol. The van der Waals surface area contributed by atoms with Crippen LogP contribution in [0.5, 0.6) is 5.75 Å². The van der Waals surface area contributed by atoms with Crippen LogP contribution in [0, 0.1) is 11.6 Å². The Morgan fingerprint density at radius 2 is 2.18 bits per heavy atom. The highest BCUT2D eigenvalue weighted by atomic mass is 79.9. The van der Waals surface area contributed by atoms with E-state index in [0.717, 1.165) is 25.8 Å². The second kappa shape index (κ2) is 5.31. The highest BCUT2D eigenvalue weighted by Gasteiger charge is 2.25. The molecule has 1 saturated heterocycles. The topological polar surface area (TPSA) is 21.3 Å². The number of rotatable bonds is 2. The normalized spacial score (nSPS) is 20.4. The van der Waals surface area contributed by atoms with Crippen molar-refractivity contribution in [3.63, 3.8) is 0 Å². The molecule has 0 aromatic heterocycles. The smallest absolute Gasteiger partial charge is 0.148 e. The lowest BCUT2D eigenvalue weighted by molar-refractivity contribution is 0.372. The predicted octanol–water partition coefficient (Wildman–Crippen LogP) is 3.55. The van der Waals surface area contributed by atoms with Gasteiger partial charge in [-0.15, -0.1) is 0 Å². The van der Waals surface area contributed by atoms with Gasteiger partial charge in [0.05, 0.1) is 11.6 Å². The van der Waals surface area contributed by atoms with Crippen LogP contribution in [0.2, 0.25) is 0 Å². The van der Waals surface area contributed by atoms with E-state index in [9.17, 15) is 8.78 Å². The SMILES string of the molecule is COc1cc(F)c(C2CCCCN2)c(F)c1Br. The van der Waals surface area contributed by atoms with Crippen molar-refractivity contribution < 1.29 is 13.5 Å². The number of nitrogens with one attached hydrogen (secondary N) is 1. The molecule has 1 unspecified atom stereocenters. The van der Waals surface area contributed by atoms with Gasteiger partial charge in [-0.1, -0.05) is 6.42 Å². The summed E-state index contributed by atoms with van der Waals surface area (Å²) in [6.07, 6.45) is 2.80. The summed E-state index contributed by atoms with van der Waals surface area (Å²) in [6.45, 7) is 0.799. The van der Waals surface area contributed by atoms with Gasteiger partial charge < -0.3 is 10.1 Å². The van der Waals surface area contributed by atoms with Crippen LogP contribution in [0.15, 0.2) is 10.5 Å². The van der Waals surface area contributed by atoms with Crippen molar-refractivity contribution in [1.29, 1.82) is 0 Å². The fraction of sp³-hybridized carbons (Fsp3) is 0.500. The molecule has 1 aliphatic rings. The number of benzene rings is 1. The molecular weight excluding hydrogens is 292 g/mol. The quantitative estimate of drug-likeness (QED) is 0.844. The largest absolute Gasteiger partial charge is 0.495 e. The Bertz CT molecular complexity index is 419. The van der Waals surface area contributed by atoms with Gasteiger partial charge in [0.25, 0.3) is 0 Å². The van der Waals surface area contributed by atoms with E-state index in [4.69, 9.17) is 4.74 Å². The van der Waals surface area contributed by atoms with Crippen molar-refractivity contribution in [2.24, 2.45) is 0 Å². The Morgan fingerprint density at radius 1 is 1.41 bits per heavy atom. The lowest BCUT2D eigenvalue weighted by Gasteiger charge is -2.25. The number of halogens is 3. The molecule has 1 atom stereocenters. The summed E-state index contributed by atoms with van der Waals surface area (Å²) in [4.78, 5) is 0. The maximum absolute atomic E-state index is 14.1. The van der Waals surface area contributed by atoms with Gasteiger partial charge in [0.1, 0.15) is 17.4 Å². The van der Waals surface area contributed by atoms with Crippen molar-refractivity contribution in [3.05, 3.63) is 27.7 Å². The number of hydrogen-bond donors (Lipinski definition) is 1. The summed E-state index contributed by atoms with van der Waals surface area (Å²) >= 11 is 3.10. The molecule has 17 heavy (non-hydrogen) atoms. The molecule has 0 radical (unpaired) electrons. The molecule has 2 rings (SSSR count). The van der Waals surface area contributed by atoms with Gasteiger partial charge in [-0.3, -0.25) is 0 Å². The molecule has 1 aliphatic heterocycles. The van der Waals surface area contributed by atoms with Crippen LogP contribution in [0.4, 0.5) is 8.78 Å². The molecule has 1 heterocycles. The molecular formula is C12H14BrF2NO. The Hall–Kier alpha value is -0.680. The van der Waals surface area contributed by atoms with Crippen molar-refractivity contribution >= 4 is 15.9 Å². The Balaban J connectivity index is 2.42. The fourth-order valence-electron chi connectivity index (χ4n) is 2.15. The third-order valence-corrected chi connectivity index (χ3v) is 3.78. The van der Waals surface area contributed by atoms with E-state index in [1.807, 2.05) is 0 Å². The first-order valence-corrected chi connectivity index (χ1v) is 6.39. The zero-order valence-electron chi connectivity index (χ0n) is 9.53. The average Bonchev–Trinajstić information content (AvgIpc) is 2.35. The predicted molar refractivity (Wildman–Crippen MR) is 65.2 cm³/mol.